The van der Waals surface area contributed by atoms with Gasteiger partial charge in [-0.25, -0.2) is 4.68 Å². The van der Waals surface area contributed by atoms with Crippen molar-refractivity contribution < 1.29 is 13.5 Å². The van der Waals surface area contributed by atoms with Gasteiger partial charge in [-0.1, -0.05) is 25.6 Å². The summed E-state index contributed by atoms with van der Waals surface area (Å²) in [4.78, 5) is 0. The van der Waals surface area contributed by atoms with Crippen LogP contribution < -0.4 is 10.6 Å². The van der Waals surface area contributed by atoms with E-state index in [4.69, 9.17) is 5.84 Å². The van der Waals surface area contributed by atoms with Crippen LogP contribution in [0.2, 0.25) is 0 Å². The van der Waals surface area contributed by atoms with Gasteiger partial charge in [0.15, 0.2) is 5.82 Å². The minimum absolute atomic E-state index is 0.0867. The van der Waals surface area contributed by atoms with Crippen molar-refractivity contribution in [3.8, 4) is 17.1 Å². The Morgan fingerprint density at radius 3 is 2.40 bits per heavy atom. The zero-order valence-electron chi connectivity index (χ0n) is 11.0. The van der Waals surface area contributed by atoms with Crippen molar-refractivity contribution in [2.45, 2.75) is 30.9 Å². The number of aromatic nitrogens is 3. The average molecular weight is 300 g/mol. The third-order valence-corrected chi connectivity index (χ3v) is 3.30. The Hall–Kier alpha value is -1.83. The molecule has 2 N–H and O–H groups in total. The second-order valence-corrected chi connectivity index (χ2v) is 5.79. The van der Waals surface area contributed by atoms with E-state index in [1.807, 2.05) is 13.8 Å². The van der Waals surface area contributed by atoms with Crippen LogP contribution in [0.15, 0.2) is 29.4 Å². The van der Waals surface area contributed by atoms with Gasteiger partial charge in [0.05, 0.1) is 0 Å². The molecular weight excluding hydrogens is 286 g/mol. The summed E-state index contributed by atoms with van der Waals surface area (Å²) in [5.74, 6) is 6.48. The fourth-order valence-corrected chi connectivity index (χ4v) is 2.26. The number of nitrogen functional groups attached to an aromatic ring is 1. The minimum atomic E-state index is -2.84. The SMILES string of the molecule is CC(C)Sc1nnc(-c2ccc(OC(F)F)cc2)n1N. The maximum Gasteiger partial charge on any atom is 0.387 e. The highest BCUT2D eigenvalue weighted by atomic mass is 32.2. The highest BCUT2D eigenvalue weighted by molar-refractivity contribution is 7.99. The molecule has 0 aliphatic rings. The minimum Gasteiger partial charge on any atom is -0.435 e. The van der Waals surface area contributed by atoms with Gasteiger partial charge in [0.1, 0.15) is 5.75 Å². The maximum absolute atomic E-state index is 12.1. The molecule has 0 radical (unpaired) electrons. The number of benzene rings is 1. The zero-order chi connectivity index (χ0) is 14.7. The number of ether oxygens (including phenoxy) is 1. The van der Waals surface area contributed by atoms with Crippen LogP contribution in [-0.2, 0) is 0 Å². The first-order valence-corrected chi connectivity index (χ1v) is 6.77. The van der Waals surface area contributed by atoms with Crippen molar-refractivity contribution in [3.05, 3.63) is 24.3 Å². The summed E-state index contributed by atoms with van der Waals surface area (Å²) in [6, 6.07) is 6.08. The smallest absolute Gasteiger partial charge is 0.387 e. The average Bonchev–Trinajstić information content (AvgIpc) is 2.71. The van der Waals surface area contributed by atoms with Gasteiger partial charge in [-0.2, -0.15) is 8.78 Å². The molecule has 20 heavy (non-hydrogen) atoms. The maximum atomic E-state index is 12.1. The first kappa shape index (κ1) is 14.6. The van der Waals surface area contributed by atoms with Crippen LogP contribution in [0.25, 0.3) is 11.4 Å². The van der Waals surface area contributed by atoms with E-state index in [-0.39, 0.29) is 5.75 Å². The van der Waals surface area contributed by atoms with Gasteiger partial charge in [0.25, 0.3) is 0 Å². The van der Waals surface area contributed by atoms with Crippen LogP contribution in [0.4, 0.5) is 8.78 Å². The fraction of sp³-hybridized carbons (Fsp3) is 0.333. The summed E-state index contributed by atoms with van der Waals surface area (Å²) in [6.45, 7) is 1.21. The van der Waals surface area contributed by atoms with Crippen molar-refractivity contribution in [2.75, 3.05) is 5.84 Å². The molecule has 0 amide bonds. The molecule has 0 spiro atoms. The molecule has 8 heteroatoms. The van der Waals surface area contributed by atoms with Crippen LogP contribution in [0.3, 0.4) is 0 Å². The lowest BCUT2D eigenvalue weighted by Gasteiger charge is -2.07. The van der Waals surface area contributed by atoms with E-state index < -0.39 is 6.61 Å². The number of nitrogens with two attached hydrogens (primary N) is 1. The fourth-order valence-electron chi connectivity index (χ4n) is 1.55. The molecule has 1 heterocycles. The van der Waals surface area contributed by atoms with Crippen molar-refractivity contribution in [1.29, 1.82) is 0 Å². The highest BCUT2D eigenvalue weighted by Gasteiger charge is 2.13. The monoisotopic (exact) mass is 300 g/mol. The first-order valence-electron chi connectivity index (χ1n) is 5.89. The third-order valence-electron chi connectivity index (χ3n) is 2.34. The molecule has 108 valence electrons. The predicted molar refractivity (Wildman–Crippen MR) is 73.2 cm³/mol. The van der Waals surface area contributed by atoms with E-state index in [1.54, 1.807) is 12.1 Å². The standard InChI is InChI=1S/C12H14F2N4OS/c1-7(2)20-12-17-16-10(18(12)15)8-3-5-9(6-4-8)19-11(13)14/h3-7,11H,15H2,1-2H3. The van der Waals surface area contributed by atoms with E-state index in [9.17, 15) is 8.78 Å². The molecule has 0 saturated carbocycles. The second-order valence-electron chi connectivity index (χ2n) is 4.25. The molecule has 0 aliphatic heterocycles. The van der Waals surface area contributed by atoms with Crippen molar-refractivity contribution in [1.82, 2.24) is 14.9 Å². The summed E-state index contributed by atoms with van der Waals surface area (Å²) in [5.41, 5.74) is 0.678. The van der Waals surface area contributed by atoms with Crippen LogP contribution in [-0.4, -0.2) is 26.7 Å². The Kier molecular flexibility index (Phi) is 4.43. The molecule has 2 aromatic rings. The van der Waals surface area contributed by atoms with Gasteiger partial charge in [-0.3, -0.25) is 0 Å². The first-order chi connectivity index (χ1) is 9.47. The van der Waals surface area contributed by atoms with Gasteiger partial charge in [0.2, 0.25) is 5.16 Å². The molecule has 1 aromatic heterocycles. The zero-order valence-corrected chi connectivity index (χ0v) is 11.8. The molecule has 0 fully saturated rings. The largest absolute Gasteiger partial charge is 0.435 e. The van der Waals surface area contributed by atoms with Crippen LogP contribution >= 0.6 is 11.8 Å². The number of rotatable bonds is 5. The van der Waals surface area contributed by atoms with Gasteiger partial charge in [-0.05, 0) is 24.3 Å². The molecule has 1 aromatic carbocycles. The highest BCUT2D eigenvalue weighted by Crippen LogP contribution is 2.25. The lowest BCUT2D eigenvalue weighted by Crippen LogP contribution is -2.12. The number of hydrogen-bond donors (Lipinski definition) is 1. The summed E-state index contributed by atoms with van der Waals surface area (Å²) in [7, 11) is 0. The van der Waals surface area contributed by atoms with Gasteiger partial charge < -0.3 is 10.6 Å². The van der Waals surface area contributed by atoms with Crippen LogP contribution in [0, 0.1) is 0 Å². The lowest BCUT2D eigenvalue weighted by molar-refractivity contribution is -0.0498. The van der Waals surface area contributed by atoms with E-state index >= 15 is 0 Å². The number of hydrogen-bond acceptors (Lipinski definition) is 5. The molecule has 5 nitrogen and oxygen atoms in total. The quantitative estimate of drug-likeness (QED) is 0.679. The van der Waals surface area contributed by atoms with E-state index in [0.29, 0.717) is 21.8 Å². The molecular formula is C12H14F2N4OS. The normalized spacial score (nSPS) is 11.3. The molecule has 0 saturated heterocycles. The lowest BCUT2D eigenvalue weighted by atomic mass is 10.2. The molecule has 2 rings (SSSR count). The summed E-state index contributed by atoms with van der Waals surface area (Å²) >= 11 is 1.49. The molecule has 0 aliphatic carbocycles. The van der Waals surface area contributed by atoms with Gasteiger partial charge in [0, 0.05) is 10.8 Å². The Bertz CT molecular complexity index is 571. The number of halogens is 2. The predicted octanol–water partition coefficient (Wildman–Crippen LogP) is 2.76. The topological polar surface area (TPSA) is 66.0 Å². The Morgan fingerprint density at radius 1 is 1.20 bits per heavy atom. The summed E-state index contributed by atoms with van der Waals surface area (Å²) < 4.78 is 29.8. The number of nitrogens with zero attached hydrogens (tertiary/aromatic N) is 3. The summed E-state index contributed by atoms with van der Waals surface area (Å²) in [6.07, 6.45) is 0. The second kappa shape index (κ2) is 6.08. The van der Waals surface area contributed by atoms with Crippen molar-refractivity contribution in [3.63, 3.8) is 0 Å². The van der Waals surface area contributed by atoms with Gasteiger partial charge >= 0.3 is 6.61 Å². The van der Waals surface area contributed by atoms with Crippen molar-refractivity contribution in [2.24, 2.45) is 0 Å². The molecule has 0 bridgehead atoms. The third kappa shape index (κ3) is 3.38. The van der Waals surface area contributed by atoms with E-state index in [2.05, 4.69) is 14.9 Å². The van der Waals surface area contributed by atoms with Crippen molar-refractivity contribution >= 4 is 11.8 Å². The number of thioether (sulfide) groups is 1. The molecule has 0 unspecified atom stereocenters. The Morgan fingerprint density at radius 2 is 1.85 bits per heavy atom. The number of alkyl halides is 2. The molecule has 0 atom stereocenters. The van der Waals surface area contributed by atoms with Gasteiger partial charge in [-0.15, -0.1) is 10.2 Å². The van der Waals surface area contributed by atoms with E-state index in [1.165, 1.54) is 28.6 Å². The van der Waals surface area contributed by atoms with E-state index in [0.717, 1.165) is 0 Å². The Balaban J connectivity index is 2.21. The summed E-state index contributed by atoms with van der Waals surface area (Å²) in [5, 5.41) is 8.94. The van der Waals surface area contributed by atoms with Crippen LogP contribution in [0.5, 0.6) is 5.75 Å². The Labute approximate surface area is 119 Å². The van der Waals surface area contributed by atoms with Crippen LogP contribution in [0.1, 0.15) is 13.8 Å².